The number of ether oxygens (including phenoxy) is 1. The zero-order valence-electron chi connectivity index (χ0n) is 19.1. The van der Waals surface area contributed by atoms with Crippen LogP contribution in [0.1, 0.15) is 129 Å². The van der Waals surface area contributed by atoms with Crippen molar-refractivity contribution in [1.82, 2.24) is 0 Å². The van der Waals surface area contributed by atoms with Crippen LogP contribution < -0.4 is 0 Å². The van der Waals surface area contributed by atoms with Crippen LogP contribution in [0, 0.1) is 0 Å². The molecule has 0 bridgehead atoms. The largest absolute Gasteiger partial charge is 0.466 e. The van der Waals surface area contributed by atoms with Crippen molar-refractivity contribution < 1.29 is 9.53 Å². The van der Waals surface area contributed by atoms with Gasteiger partial charge in [0.2, 0.25) is 0 Å². The Hall–Kier alpha value is -1.05. The number of unbranched alkanes of at least 4 members (excludes halogenated alkanes) is 13. The van der Waals surface area contributed by atoms with Crippen molar-refractivity contribution in [1.29, 1.82) is 0 Å². The quantitative estimate of drug-likeness (QED) is 0.111. The first-order chi connectivity index (χ1) is 13.8. The van der Waals surface area contributed by atoms with Crippen LogP contribution in [0.25, 0.3) is 0 Å². The molecule has 0 aliphatic heterocycles. The summed E-state index contributed by atoms with van der Waals surface area (Å²) < 4.78 is 5.17. The monoisotopic (exact) mass is 392 g/mol. The molecular formula is C26H48O2. The zero-order chi connectivity index (χ0) is 20.5. The highest BCUT2D eigenvalue weighted by Crippen LogP contribution is 2.12. The number of hydrogen-bond acceptors (Lipinski definition) is 2. The van der Waals surface area contributed by atoms with Gasteiger partial charge in [0, 0.05) is 6.42 Å². The number of carbonyl (C=O) groups excluding carboxylic acids is 1. The first-order valence-corrected chi connectivity index (χ1v) is 12.3. The topological polar surface area (TPSA) is 26.3 Å². The summed E-state index contributed by atoms with van der Waals surface area (Å²) in [6, 6.07) is 0. The van der Waals surface area contributed by atoms with Gasteiger partial charge in [0.15, 0.2) is 0 Å². The van der Waals surface area contributed by atoms with Gasteiger partial charge < -0.3 is 4.74 Å². The van der Waals surface area contributed by atoms with Crippen molar-refractivity contribution in [2.75, 3.05) is 6.61 Å². The molecule has 0 aromatic heterocycles. The molecule has 164 valence electrons. The highest BCUT2D eigenvalue weighted by atomic mass is 16.5. The minimum Gasteiger partial charge on any atom is -0.466 e. The molecule has 0 radical (unpaired) electrons. The van der Waals surface area contributed by atoms with Crippen LogP contribution in [-0.2, 0) is 9.53 Å². The Labute approximate surface area is 176 Å². The molecule has 2 nitrogen and oxygen atoms in total. The van der Waals surface area contributed by atoms with Crippen molar-refractivity contribution in [2.24, 2.45) is 0 Å². The summed E-state index contributed by atoms with van der Waals surface area (Å²) in [6.07, 6.45) is 31.4. The maximum absolute atomic E-state index is 11.2. The molecule has 0 rings (SSSR count). The summed E-state index contributed by atoms with van der Waals surface area (Å²) in [5.74, 6) is -0.0346. The third kappa shape index (κ3) is 23.0. The van der Waals surface area contributed by atoms with Crippen molar-refractivity contribution >= 4 is 5.97 Å². The molecule has 0 aliphatic carbocycles. The molecule has 0 aromatic rings. The van der Waals surface area contributed by atoms with Crippen LogP contribution in [0.2, 0.25) is 0 Å². The predicted octanol–water partition coefficient (Wildman–Crippen LogP) is 8.70. The second-order valence-electron chi connectivity index (χ2n) is 7.97. The van der Waals surface area contributed by atoms with E-state index < -0.39 is 0 Å². The van der Waals surface area contributed by atoms with Crippen LogP contribution in [0.4, 0.5) is 0 Å². The SMILES string of the molecule is CCCCCC=CC/C=C\CCCCCCCCCCCCOC(=O)CCC. The molecule has 0 saturated heterocycles. The summed E-state index contributed by atoms with van der Waals surface area (Å²) in [7, 11) is 0. The van der Waals surface area contributed by atoms with Crippen LogP contribution in [-0.4, -0.2) is 12.6 Å². The van der Waals surface area contributed by atoms with Crippen LogP contribution in [0.5, 0.6) is 0 Å². The van der Waals surface area contributed by atoms with Crippen molar-refractivity contribution in [3.8, 4) is 0 Å². The first kappa shape index (κ1) is 27.0. The molecule has 2 heteroatoms. The van der Waals surface area contributed by atoms with Gasteiger partial charge in [-0.3, -0.25) is 4.79 Å². The standard InChI is InChI=1S/C26H48O2/c1-3-5-6-7-8-9-10-11-12-13-14-15-16-17-18-19-20-21-22-23-25-28-26(27)24-4-2/h8-9,11-12H,3-7,10,13-25H2,1-2H3/b9-8?,12-11-. The van der Waals surface area contributed by atoms with Crippen LogP contribution in [0.15, 0.2) is 24.3 Å². The number of hydrogen-bond donors (Lipinski definition) is 0. The van der Waals surface area contributed by atoms with E-state index in [2.05, 4.69) is 31.2 Å². The molecule has 0 atom stereocenters. The zero-order valence-corrected chi connectivity index (χ0v) is 19.1. The first-order valence-electron chi connectivity index (χ1n) is 12.3. The Balaban J connectivity index is 3.15. The van der Waals surface area contributed by atoms with E-state index in [1.165, 1.54) is 89.9 Å². The molecule has 0 aliphatic rings. The van der Waals surface area contributed by atoms with Gasteiger partial charge in [-0.1, -0.05) is 102 Å². The Bertz CT molecular complexity index is 371. The molecule has 0 amide bonds. The van der Waals surface area contributed by atoms with Gasteiger partial charge in [-0.15, -0.1) is 0 Å². The lowest BCUT2D eigenvalue weighted by Crippen LogP contribution is -2.04. The Morgan fingerprint density at radius 1 is 0.607 bits per heavy atom. The molecule has 28 heavy (non-hydrogen) atoms. The van der Waals surface area contributed by atoms with E-state index >= 15 is 0 Å². The molecule has 0 fully saturated rings. The van der Waals surface area contributed by atoms with Crippen molar-refractivity contribution in [3.05, 3.63) is 24.3 Å². The average molecular weight is 393 g/mol. The normalized spacial score (nSPS) is 11.6. The van der Waals surface area contributed by atoms with Crippen molar-refractivity contribution in [2.45, 2.75) is 129 Å². The fourth-order valence-corrected chi connectivity index (χ4v) is 3.26. The summed E-state index contributed by atoms with van der Waals surface area (Å²) in [5.41, 5.74) is 0. The van der Waals surface area contributed by atoms with Gasteiger partial charge in [0.05, 0.1) is 6.61 Å². The predicted molar refractivity (Wildman–Crippen MR) is 124 cm³/mol. The fraction of sp³-hybridized carbons (Fsp3) is 0.808. The number of rotatable bonds is 21. The molecule has 0 saturated carbocycles. The minimum absolute atomic E-state index is 0.0346. The lowest BCUT2D eigenvalue weighted by Gasteiger charge is -2.04. The van der Waals surface area contributed by atoms with Crippen LogP contribution in [0.3, 0.4) is 0 Å². The molecule has 0 aromatic carbocycles. The van der Waals surface area contributed by atoms with E-state index in [-0.39, 0.29) is 5.97 Å². The van der Waals surface area contributed by atoms with E-state index in [1.54, 1.807) is 0 Å². The third-order valence-corrected chi connectivity index (χ3v) is 5.06. The van der Waals surface area contributed by atoms with Gasteiger partial charge in [-0.05, 0) is 44.9 Å². The fourth-order valence-electron chi connectivity index (χ4n) is 3.26. The molecule has 0 spiro atoms. The van der Waals surface area contributed by atoms with Gasteiger partial charge in [0.25, 0.3) is 0 Å². The molecule has 0 unspecified atom stereocenters. The highest BCUT2D eigenvalue weighted by Gasteiger charge is 1.99. The second-order valence-corrected chi connectivity index (χ2v) is 7.97. The van der Waals surface area contributed by atoms with E-state index in [1.807, 2.05) is 6.92 Å². The lowest BCUT2D eigenvalue weighted by atomic mass is 10.1. The Kier molecular flexibility index (Phi) is 23.1. The summed E-state index contributed by atoms with van der Waals surface area (Å²) in [5, 5.41) is 0. The maximum atomic E-state index is 11.2. The van der Waals surface area contributed by atoms with Crippen LogP contribution >= 0.6 is 0 Å². The number of esters is 1. The van der Waals surface area contributed by atoms with E-state index in [0.717, 1.165) is 19.3 Å². The molecule has 0 heterocycles. The van der Waals surface area contributed by atoms with Gasteiger partial charge >= 0.3 is 5.97 Å². The van der Waals surface area contributed by atoms with Gasteiger partial charge in [-0.2, -0.15) is 0 Å². The van der Waals surface area contributed by atoms with E-state index in [4.69, 9.17) is 4.74 Å². The minimum atomic E-state index is -0.0346. The summed E-state index contributed by atoms with van der Waals surface area (Å²) >= 11 is 0. The smallest absolute Gasteiger partial charge is 0.305 e. The third-order valence-electron chi connectivity index (χ3n) is 5.06. The highest BCUT2D eigenvalue weighted by molar-refractivity contribution is 5.69. The van der Waals surface area contributed by atoms with E-state index in [9.17, 15) is 4.79 Å². The molecule has 0 N–H and O–H groups in total. The summed E-state index contributed by atoms with van der Waals surface area (Å²) in [4.78, 5) is 11.2. The van der Waals surface area contributed by atoms with Gasteiger partial charge in [-0.25, -0.2) is 0 Å². The van der Waals surface area contributed by atoms with Gasteiger partial charge in [0.1, 0.15) is 0 Å². The average Bonchev–Trinajstić information content (AvgIpc) is 2.69. The number of carbonyl (C=O) groups is 1. The maximum Gasteiger partial charge on any atom is 0.305 e. The van der Waals surface area contributed by atoms with Crippen molar-refractivity contribution in [3.63, 3.8) is 0 Å². The number of allylic oxidation sites excluding steroid dienone is 4. The Morgan fingerprint density at radius 3 is 1.64 bits per heavy atom. The lowest BCUT2D eigenvalue weighted by molar-refractivity contribution is -0.143. The Morgan fingerprint density at radius 2 is 1.11 bits per heavy atom. The summed E-state index contributed by atoms with van der Waals surface area (Å²) in [6.45, 7) is 4.88. The molecular weight excluding hydrogens is 344 g/mol. The van der Waals surface area contributed by atoms with E-state index in [0.29, 0.717) is 13.0 Å². The second kappa shape index (κ2) is 24.0.